The lowest BCUT2D eigenvalue weighted by molar-refractivity contribution is -0.118. The van der Waals surface area contributed by atoms with Crippen LogP contribution in [0.1, 0.15) is 50.7 Å². The van der Waals surface area contributed by atoms with Gasteiger partial charge >= 0.3 is 0 Å². The van der Waals surface area contributed by atoms with Crippen LogP contribution in [0.2, 0.25) is 5.02 Å². The molecule has 0 bridgehead atoms. The summed E-state index contributed by atoms with van der Waals surface area (Å²) in [5.74, 6) is 0.422. The molecule has 2 aliphatic rings. The molecule has 4 rings (SSSR count). The van der Waals surface area contributed by atoms with Gasteiger partial charge in [0.1, 0.15) is 12.4 Å². The summed E-state index contributed by atoms with van der Waals surface area (Å²) in [6, 6.07) is 17.6. The highest BCUT2D eigenvalue weighted by Gasteiger charge is 2.41. The molecule has 0 fully saturated rings. The second-order valence-corrected chi connectivity index (χ2v) is 9.47. The Hall–Kier alpha value is -3.03. The Morgan fingerprint density at radius 3 is 2.71 bits per heavy atom. The van der Waals surface area contributed by atoms with Crippen LogP contribution in [-0.4, -0.2) is 5.78 Å². The Morgan fingerprint density at radius 2 is 1.97 bits per heavy atom. The Labute approximate surface area is 188 Å². The summed E-state index contributed by atoms with van der Waals surface area (Å²) < 4.78 is 6.00. The lowest BCUT2D eigenvalue weighted by atomic mass is 9.69. The Kier molecular flexibility index (Phi) is 5.64. The minimum Gasteiger partial charge on any atom is -0.489 e. The number of nitrogens with one attached hydrogen (secondary N) is 1. The van der Waals surface area contributed by atoms with E-state index < -0.39 is 0 Å². The molecule has 0 radical (unpaired) electrons. The zero-order valence-electron chi connectivity index (χ0n) is 18.0. The molecule has 0 spiro atoms. The van der Waals surface area contributed by atoms with Gasteiger partial charge in [-0.2, -0.15) is 5.26 Å². The number of hydrogen-bond donors (Lipinski definition) is 1. The third-order valence-electron chi connectivity index (χ3n) is 5.85. The molecule has 0 amide bonds. The van der Waals surface area contributed by atoms with Crippen LogP contribution in [0.4, 0.5) is 0 Å². The molecule has 4 nitrogen and oxygen atoms in total. The molecule has 0 saturated heterocycles. The van der Waals surface area contributed by atoms with Gasteiger partial charge in [-0.15, -0.1) is 0 Å². The van der Waals surface area contributed by atoms with Crippen LogP contribution in [0, 0.1) is 16.7 Å². The van der Waals surface area contributed by atoms with Crippen molar-refractivity contribution in [2.45, 2.75) is 46.1 Å². The second kappa shape index (κ2) is 8.24. The van der Waals surface area contributed by atoms with Crippen molar-refractivity contribution in [1.82, 2.24) is 5.32 Å². The van der Waals surface area contributed by atoms with Crippen molar-refractivity contribution in [3.8, 4) is 11.8 Å². The van der Waals surface area contributed by atoms with E-state index in [4.69, 9.17) is 16.3 Å². The highest BCUT2D eigenvalue weighted by atomic mass is 35.5. The van der Waals surface area contributed by atoms with Crippen LogP contribution in [0.25, 0.3) is 0 Å². The Morgan fingerprint density at radius 1 is 1.19 bits per heavy atom. The highest BCUT2D eigenvalue weighted by Crippen LogP contribution is 2.46. The monoisotopic (exact) mass is 432 g/mol. The fourth-order valence-corrected chi connectivity index (χ4v) is 4.71. The molecule has 1 heterocycles. The molecule has 1 N–H and O–H groups in total. The number of ether oxygens (including phenoxy) is 1. The van der Waals surface area contributed by atoms with Gasteiger partial charge in [-0.1, -0.05) is 49.7 Å². The minimum atomic E-state index is -0.375. The number of Topliss-reactive ketones (excluding diaryl/α,β-unsaturated/α-hetero) is 1. The molecule has 5 heteroatoms. The number of allylic oxidation sites excluding steroid dienone is 4. The average molecular weight is 433 g/mol. The van der Waals surface area contributed by atoms with Crippen molar-refractivity contribution < 1.29 is 9.53 Å². The molecule has 0 saturated carbocycles. The molecular weight excluding hydrogens is 408 g/mol. The first-order valence-corrected chi connectivity index (χ1v) is 10.8. The normalized spacial score (nSPS) is 20.1. The summed E-state index contributed by atoms with van der Waals surface area (Å²) in [7, 11) is 0. The molecule has 1 aliphatic carbocycles. The number of carbonyl (C=O) groups excluding carboxylic acids is 1. The maximum absolute atomic E-state index is 13.1. The largest absolute Gasteiger partial charge is 0.489 e. The van der Waals surface area contributed by atoms with Crippen molar-refractivity contribution in [3.05, 3.63) is 87.2 Å². The summed E-state index contributed by atoms with van der Waals surface area (Å²) in [5, 5.41) is 13.9. The SMILES string of the molecule is CC1=C(C#N)[C@@H](c2cccc(OCc3cccc(Cl)c3)c2)C2=C(CC(C)(C)CC2=O)N1. The van der Waals surface area contributed by atoms with E-state index in [0.717, 1.165) is 28.9 Å². The van der Waals surface area contributed by atoms with Crippen LogP contribution >= 0.6 is 11.6 Å². The molecule has 2 aromatic carbocycles. The third-order valence-corrected chi connectivity index (χ3v) is 6.08. The van der Waals surface area contributed by atoms with Crippen molar-refractivity contribution >= 4 is 17.4 Å². The number of nitriles is 1. The number of dihydropyridines is 1. The van der Waals surface area contributed by atoms with Crippen LogP contribution < -0.4 is 10.1 Å². The summed E-state index contributed by atoms with van der Waals surface area (Å²) in [4.78, 5) is 13.1. The van der Waals surface area contributed by atoms with E-state index in [1.165, 1.54) is 0 Å². The highest BCUT2D eigenvalue weighted by molar-refractivity contribution is 6.30. The number of nitrogens with zero attached hydrogens (tertiary/aromatic N) is 1. The number of ketones is 1. The van der Waals surface area contributed by atoms with Gasteiger partial charge < -0.3 is 10.1 Å². The quantitative estimate of drug-likeness (QED) is 0.639. The van der Waals surface area contributed by atoms with E-state index in [1.54, 1.807) is 0 Å². The van der Waals surface area contributed by atoms with E-state index in [0.29, 0.717) is 34.9 Å². The molecule has 1 aliphatic heterocycles. The minimum absolute atomic E-state index is 0.0974. The van der Waals surface area contributed by atoms with Gasteiger partial charge in [0.2, 0.25) is 0 Å². The van der Waals surface area contributed by atoms with Crippen LogP contribution in [-0.2, 0) is 11.4 Å². The van der Waals surface area contributed by atoms with E-state index in [1.807, 2.05) is 55.5 Å². The van der Waals surface area contributed by atoms with Crippen molar-refractivity contribution in [3.63, 3.8) is 0 Å². The summed E-state index contributed by atoms with van der Waals surface area (Å²) in [6.45, 7) is 6.50. The van der Waals surface area contributed by atoms with Gasteiger partial charge in [0.15, 0.2) is 5.78 Å². The number of halogens is 1. The first kappa shape index (κ1) is 21.2. The molecule has 0 aromatic heterocycles. The van der Waals surface area contributed by atoms with Crippen LogP contribution in [0.15, 0.2) is 71.1 Å². The Bertz CT molecular complexity index is 1150. The Balaban J connectivity index is 1.68. The molecule has 0 unspecified atom stereocenters. The van der Waals surface area contributed by atoms with Gasteiger partial charge in [0.25, 0.3) is 0 Å². The van der Waals surface area contributed by atoms with Crippen molar-refractivity contribution in [1.29, 1.82) is 5.26 Å². The van der Waals surface area contributed by atoms with Gasteiger partial charge in [0.05, 0.1) is 17.6 Å². The van der Waals surface area contributed by atoms with E-state index in [9.17, 15) is 10.1 Å². The fourth-order valence-electron chi connectivity index (χ4n) is 4.49. The van der Waals surface area contributed by atoms with Gasteiger partial charge in [-0.3, -0.25) is 4.79 Å². The average Bonchev–Trinajstić information content (AvgIpc) is 2.70. The number of benzene rings is 2. The van der Waals surface area contributed by atoms with Gasteiger partial charge in [-0.05, 0) is 54.2 Å². The zero-order valence-corrected chi connectivity index (χ0v) is 18.7. The van der Waals surface area contributed by atoms with Crippen LogP contribution in [0.5, 0.6) is 5.75 Å². The van der Waals surface area contributed by atoms with Gasteiger partial charge in [0, 0.05) is 28.4 Å². The van der Waals surface area contributed by atoms with E-state index in [2.05, 4.69) is 25.2 Å². The number of carbonyl (C=O) groups is 1. The maximum Gasteiger partial charge on any atom is 0.162 e. The third kappa shape index (κ3) is 4.38. The molecular formula is C26H25ClN2O2. The maximum atomic E-state index is 13.1. The van der Waals surface area contributed by atoms with E-state index >= 15 is 0 Å². The molecule has 1 atom stereocenters. The molecule has 31 heavy (non-hydrogen) atoms. The summed E-state index contributed by atoms with van der Waals surface area (Å²) in [5.41, 5.74) is 4.81. The van der Waals surface area contributed by atoms with Crippen molar-refractivity contribution in [2.24, 2.45) is 5.41 Å². The zero-order chi connectivity index (χ0) is 22.2. The van der Waals surface area contributed by atoms with Crippen LogP contribution in [0.3, 0.4) is 0 Å². The van der Waals surface area contributed by atoms with E-state index in [-0.39, 0.29) is 17.1 Å². The second-order valence-electron chi connectivity index (χ2n) is 9.03. The first-order chi connectivity index (χ1) is 14.8. The standard InChI is InChI=1S/C26H25ClN2O2/c1-16-21(14-28)24(25-22(29-16)12-26(2,3)13-23(25)30)18-7-5-9-20(11-18)31-15-17-6-4-8-19(27)10-17/h4-11,24,29H,12-13,15H2,1-3H3/t24-/m1/s1. The van der Waals surface area contributed by atoms with Gasteiger partial charge in [-0.25, -0.2) is 0 Å². The topological polar surface area (TPSA) is 62.1 Å². The number of hydrogen-bond acceptors (Lipinski definition) is 4. The molecule has 2 aromatic rings. The first-order valence-electron chi connectivity index (χ1n) is 10.4. The fraction of sp³-hybridized carbons (Fsp3) is 0.308. The lowest BCUT2D eigenvalue weighted by Gasteiger charge is -2.38. The number of rotatable bonds is 4. The van der Waals surface area contributed by atoms with Crippen molar-refractivity contribution in [2.75, 3.05) is 0 Å². The molecule has 158 valence electrons. The smallest absolute Gasteiger partial charge is 0.162 e. The summed E-state index contributed by atoms with van der Waals surface area (Å²) in [6.07, 6.45) is 1.26. The predicted molar refractivity (Wildman–Crippen MR) is 121 cm³/mol. The summed E-state index contributed by atoms with van der Waals surface area (Å²) >= 11 is 6.06. The predicted octanol–water partition coefficient (Wildman–Crippen LogP) is 6.05. The lowest BCUT2D eigenvalue weighted by Crippen LogP contribution is -2.36.